The summed E-state index contributed by atoms with van der Waals surface area (Å²) >= 11 is 0. The number of nitrogens with one attached hydrogen (secondary N) is 1. The largest absolute Gasteiger partial charge is 0.434 e. The smallest absolute Gasteiger partial charge is 0.309 e. The molecule has 156 valence electrons. The van der Waals surface area contributed by atoms with E-state index in [-0.39, 0.29) is 29.4 Å². The van der Waals surface area contributed by atoms with Crippen molar-refractivity contribution in [3.8, 4) is 0 Å². The average molecular weight is 390 g/mol. The van der Waals surface area contributed by atoms with Crippen LogP contribution in [0.15, 0.2) is 30.3 Å². The van der Waals surface area contributed by atoms with Crippen LogP contribution in [-0.4, -0.2) is 38.3 Å². The molecule has 0 aliphatic heterocycles. The van der Waals surface area contributed by atoms with Gasteiger partial charge in [0.15, 0.2) is 0 Å². The highest BCUT2D eigenvalue weighted by atomic mass is 16.6. The Labute approximate surface area is 169 Å². The maximum Gasteiger partial charge on any atom is 0.309 e. The molecule has 3 N–H and O–H groups in total. The average Bonchev–Trinajstić information content (AvgIpc) is 2.58. The van der Waals surface area contributed by atoms with Crippen molar-refractivity contribution in [3.63, 3.8) is 0 Å². The molecule has 0 saturated heterocycles. The lowest BCUT2D eigenvalue weighted by molar-refractivity contribution is -0.123. The number of carbonyl (C=O) groups is 2. The van der Waals surface area contributed by atoms with Crippen LogP contribution in [0.5, 0.6) is 0 Å². The molecule has 1 aromatic rings. The summed E-state index contributed by atoms with van der Waals surface area (Å²) in [6, 6.07) is 9.76. The molecule has 0 radical (unpaired) electrons. The number of carbonyl (C=O) groups excluding carboxylic acids is 2. The van der Waals surface area contributed by atoms with Crippen LogP contribution in [0.4, 0.5) is 0 Å². The third-order valence-electron chi connectivity index (χ3n) is 4.38. The van der Waals surface area contributed by atoms with Gasteiger partial charge in [0.2, 0.25) is 5.91 Å². The maximum atomic E-state index is 12.3. The third-order valence-corrected chi connectivity index (χ3v) is 4.38. The van der Waals surface area contributed by atoms with E-state index >= 15 is 0 Å². The first-order valence-corrected chi connectivity index (χ1v) is 9.79. The second-order valence-corrected chi connectivity index (χ2v) is 9.12. The summed E-state index contributed by atoms with van der Waals surface area (Å²) in [5, 5.41) is 2.88. The molecule has 1 rings (SSSR count). The number of benzene rings is 1. The van der Waals surface area contributed by atoms with Gasteiger partial charge in [-0.3, -0.25) is 9.59 Å². The van der Waals surface area contributed by atoms with Crippen LogP contribution in [0.2, 0.25) is 6.82 Å². The highest BCUT2D eigenvalue weighted by Gasteiger charge is 2.25. The second kappa shape index (κ2) is 11.3. The SMILES string of the molecule is CB(CNC(=O)CC(C)(C)CON)OCC(C)(C)CC(=O)Cc1ccccc1. The summed E-state index contributed by atoms with van der Waals surface area (Å²) in [5.74, 6) is 5.23. The molecule has 0 aromatic heterocycles. The van der Waals surface area contributed by atoms with Crippen molar-refractivity contribution in [1.82, 2.24) is 5.32 Å². The number of nitrogens with two attached hydrogens (primary N) is 1. The van der Waals surface area contributed by atoms with Crippen molar-refractivity contribution >= 4 is 18.6 Å². The zero-order valence-corrected chi connectivity index (χ0v) is 17.9. The summed E-state index contributed by atoms with van der Waals surface area (Å²) in [7, 11) is 0. The molecule has 28 heavy (non-hydrogen) atoms. The fraction of sp³-hybridized carbons (Fsp3) is 0.619. The summed E-state index contributed by atoms with van der Waals surface area (Å²) in [5.41, 5.74) is 0.456. The molecular weight excluding hydrogens is 355 g/mol. The highest BCUT2D eigenvalue weighted by Crippen LogP contribution is 2.23. The lowest BCUT2D eigenvalue weighted by Crippen LogP contribution is -2.39. The van der Waals surface area contributed by atoms with Crippen LogP contribution < -0.4 is 11.2 Å². The van der Waals surface area contributed by atoms with E-state index in [9.17, 15) is 9.59 Å². The van der Waals surface area contributed by atoms with E-state index in [1.807, 2.05) is 64.8 Å². The van der Waals surface area contributed by atoms with Crippen LogP contribution in [0, 0.1) is 10.8 Å². The summed E-state index contributed by atoms with van der Waals surface area (Å²) in [6.07, 6.45) is 1.65. The van der Waals surface area contributed by atoms with Crippen molar-refractivity contribution in [2.75, 3.05) is 19.7 Å². The Bertz CT molecular complexity index is 620. The highest BCUT2D eigenvalue weighted by molar-refractivity contribution is 6.50. The normalized spacial score (nSPS) is 11.9. The van der Waals surface area contributed by atoms with Gasteiger partial charge in [-0.15, -0.1) is 0 Å². The van der Waals surface area contributed by atoms with Crippen molar-refractivity contribution in [1.29, 1.82) is 0 Å². The molecule has 0 spiro atoms. The Morgan fingerprint density at radius 1 is 1.04 bits per heavy atom. The van der Waals surface area contributed by atoms with Crippen LogP contribution in [0.1, 0.15) is 46.1 Å². The van der Waals surface area contributed by atoms with E-state index in [4.69, 9.17) is 10.6 Å². The van der Waals surface area contributed by atoms with E-state index in [0.717, 1.165) is 5.56 Å². The number of rotatable bonds is 13. The van der Waals surface area contributed by atoms with Gasteiger partial charge in [0.05, 0.1) is 6.61 Å². The van der Waals surface area contributed by atoms with Gasteiger partial charge in [-0.25, -0.2) is 5.90 Å². The molecule has 0 fully saturated rings. The minimum absolute atomic E-state index is 0.0604. The zero-order valence-electron chi connectivity index (χ0n) is 17.9. The van der Waals surface area contributed by atoms with Crippen LogP contribution in [0.25, 0.3) is 0 Å². The van der Waals surface area contributed by atoms with Gasteiger partial charge in [0.25, 0.3) is 0 Å². The molecule has 0 saturated carbocycles. The minimum Gasteiger partial charge on any atom is -0.434 e. The topological polar surface area (TPSA) is 90.7 Å². The molecule has 0 aliphatic carbocycles. The van der Waals surface area contributed by atoms with E-state index in [2.05, 4.69) is 10.2 Å². The Morgan fingerprint density at radius 3 is 2.25 bits per heavy atom. The maximum absolute atomic E-state index is 12.3. The van der Waals surface area contributed by atoms with E-state index in [1.54, 1.807) is 0 Å². The minimum atomic E-state index is -0.315. The van der Waals surface area contributed by atoms with Crippen LogP contribution in [0.3, 0.4) is 0 Å². The molecule has 0 bridgehead atoms. The van der Waals surface area contributed by atoms with Crippen LogP contribution in [-0.2, 0) is 25.5 Å². The molecule has 0 atom stereocenters. The predicted molar refractivity (Wildman–Crippen MR) is 113 cm³/mol. The number of hydrogen-bond donors (Lipinski definition) is 2. The van der Waals surface area contributed by atoms with E-state index < -0.39 is 0 Å². The lowest BCUT2D eigenvalue weighted by Gasteiger charge is -2.26. The predicted octanol–water partition coefficient (Wildman–Crippen LogP) is 2.81. The van der Waals surface area contributed by atoms with Gasteiger partial charge in [0, 0.05) is 32.3 Å². The standard InChI is InChI=1S/C21H35BN2O4/c1-20(2,12-18(25)11-17-9-7-6-8-10-17)14-27-22(5)16-24-19(26)13-21(3,4)15-28-23/h6-10H,11-16,23H2,1-5H3,(H,24,26). The Kier molecular flexibility index (Phi) is 9.86. The van der Waals surface area contributed by atoms with Crippen LogP contribution >= 0.6 is 0 Å². The molecule has 0 aliphatic rings. The Hall–Kier alpha value is -1.70. The molecule has 0 unspecified atom stereocenters. The Morgan fingerprint density at radius 2 is 1.64 bits per heavy atom. The summed E-state index contributed by atoms with van der Waals surface area (Å²) < 4.78 is 5.87. The monoisotopic (exact) mass is 390 g/mol. The first-order valence-electron chi connectivity index (χ1n) is 9.79. The number of amides is 1. The van der Waals surface area contributed by atoms with Crippen molar-refractivity contribution in [2.24, 2.45) is 16.7 Å². The third kappa shape index (κ3) is 10.6. The van der Waals surface area contributed by atoms with Gasteiger partial charge in [-0.2, -0.15) is 0 Å². The second-order valence-electron chi connectivity index (χ2n) is 9.12. The number of Topliss-reactive ketones (excluding diaryl/α,β-unsaturated/α-hetero) is 1. The summed E-state index contributed by atoms with van der Waals surface area (Å²) in [6.45, 7) is 10.4. The van der Waals surface area contributed by atoms with Crippen molar-refractivity contribution < 1.29 is 19.1 Å². The fourth-order valence-corrected chi connectivity index (χ4v) is 2.93. The van der Waals surface area contributed by atoms with E-state index in [1.165, 1.54) is 0 Å². The van der Waals surface area contributed by atoms with Gasteiger partial charge < -0.3 is 14.8 Å². The molecule has 7 heteroatoms. The van der Waals surface area contributed by atoms with Crippen molar-refractivity contribution in [3.05, 3.63) is 35.9 Å². The van der Waals surface area contributed by atoms with Gasteiger partial charge in [-0.1, -0.05) is 64.8 Å². The van der Waals surface area contributed by atoms with E-state index in [0.29, 0.717) is 38.9 Å². The molecule has 0 heterocycles. The van der Waals surface area contributed by atoms with Crippen molar-refractivity contribution in [2.45, 2.75) is 53.8 Å². The lowest BCUT2D eigenvalue weighted by atomic mass is 9.70. The summed E-state index contributed by atoms with van der Waals surface area (Å²) in [4.78, 5) is 29.0. The molecule has 6 nitrogen and oxygen atoms in total. The zero-order chi connectivity index (χ0) is 21.2. The number of ketones is 1. The quantitative estimate of drug-likeness (QED) is 0.399. The Balaban J connectivity index is 2.33. The first kappa shape index (κ1) is 24.3. The first-order chi connectivity index (χ1) is 13.0. The molecule has 1 aromatic carbocycles. The molecular formula is C21H35BN2O4. The number of hydrogen-bond acceptors (Lipinski definition) is 5. The fourth-order valence-electron chi connectivity index (χ4n) is 2.93. The van der Waals surface area contributed by atoms with Gasteiger partial charge in [-0.05, 0) is 16.4 Å². The molecule has 1 amide bonds. The van der Waals surface area contributed by atoms with Gasteiger partial charge >= 0.3 is 6.92 Å². The van der Waals surface area contributed by atoms with Gasteiger partial charge in [0.1, 0.15) is 5.78 Å².